The van der Waals surface area contributed by atoms with Crippen LogP contribution in [0.3, 0.4) is 0 Å². The van der Waals surface area contributed by atoms with Crippen molar-refractivity contribution in [3.05, 3.63) is 59.0 Å². The summed E-state index contributed by atoms with van der Waals surface area (Å²) in [6.45, 7) is 0. The molecule has 1 N–H and O–H groups in total. The van der Waals surface area contributed by atoms with Gasteiger partial charge in [0, 0.05) is 18.5 Å². The van der Waals surface area contributed by atoms with Crippen molar-refractivity contribution in [3.8, 4) is 22.8 Å². The van der Waals surface area contributed by atoms with Crippen LogP contribution in [0.5, 0.6) is 5.75 Å². The molecule has 6 nitrogen and oxygen atoms in total. The van der Waals surface area contributed by atoms with E-state index in [2.05, 4.69) is 20.0 Å². The van der Waals surface area contributed by atoms with Crippen molar-refractivity contribution in [1.29, 1.82) is 0 Å². The fourth-order valence-electron chi connectivity index (χ4n) is 1.93. The molecule has 0 saturated heterocycles. The highest BCUT2D eigenvalue weighted by Gasteiger charge is 2.30. The van der Waals surface area contributed by atoms with Crippen LogP contribution in [0.4, 0.5) is 13.2 Å². The lowest BCUT2D eigenvalue weighted by atomic mass is 10.3. The third kappa shape index (κ3) is 3.39. The lowest BCUT2D eigenvalue weighted by Crippen LogP contribution is -2.17. The molecule has 9 heteroatoms. The second kappa shape index (κ2) is 5.59. The minimum atomic E-state index is -4.75. The van der Waals surface area contributed by atoms with Crippen molar-refractivity contribution in [2.75, 3.05) is 0 Å². The number of rotatable bonds is 3. The highest BCUT2D eigenvalue weighted by Crippen LogP contribution is 2.23. The molecular weight excluding hydrogens is 313 g/mol. The number of hydrogen-bond acceptors (Lipinski definition) is 4. The van der Waals surface area contributed by atoms with Gasteiger partial charge in [-0.3, -0.25) is 9.89 Å². The first-order chi connectivity index (χ1) is 10.9. The van der Waals surface area contributed by atoms with Crippen LogP contribution in [-0.4, -0.2) is 26.3 Å². The second-order valence-electron chi connectivity index (χ2n) is 4.49. The molecule has 3 rings (SSSR count). The highest BCUT2D eigenvalue weighted by atomic mass is 19.4. The van der Waals surface area contributed by atoms with Crippen LogP contribution < -0.4 is 10.2 Å². The molecule has 23 heavy (non-hydrogen) atoms. The van der Waals surface area contributed by atoms with E-state index < -0.39 is 6.36 Å². The predicted molar refractivity (Wildman–Crippen MR) is 74.1 cm³/mol. The Balaban J connectivity index is 1.93. The molecule has 0 spiro atoms. The SMILES string of the molecule is O=c1ccn(-c2ccc(OC(F)(F)F)cc2)nc1-c1ccn[nH]1. The van der Waals surface area contributed by atoms with E-state index in [9.17, 15) is 18.0 Å². The molecule has 0 radical (unpaired) electrons. The topological polar surface area (TPSA) is 72.8 Å². The van der Waals surface area contributed by atoms with Gasteiger partial charge in [0.15, 0.2) is 5.69 Å². The van der Waals surface area contributed by atoms with E-state index in [-0.39, 0.29) is 16.9 Å². The molecule has 2 heterocycles. The smallest absolute Gasteiger partial charge is 0.406 e. The molecule has 118 valence electrons. The standard InChI is InChI=1S/C14H9F3N4O2/c15-14(16,17)23-10-3-1-9(2-4-10)21-8-6-12(22)13(20-21)11-5-7-18-19-11/h1-8H,(H,18,19). The Morgan fingerprint density at radius 3 is 2.43 bits per heavy atom. The van der Waals surface area contributed by atoms with Crippen molar-refractivity contribution in [3.63, 3.8) is 0 Å². The number of benzene rings is 1. The summed E-state index contributed by atoms with van der Waals surface area (Å²) in [7, 11) is 0. The number of aromatic nitrogens is 4. The third-order valence-electron chi connectivity index (χ3n) is 2.90. The van der Waals surface area contributed by atoms with E-state index in [4.69, 9.17) is 0 Å². The maximum absolute atomic E-state index is 12.1. The normalized spacial score (nSPS) is 11.4. The number of aromatic amines is 1. The maximum atomic E-state index is 12.1. The van der Waals surface area contributed by atoms with Gasteiger partial charge in [-0.2, -0.15) is 10.2 Å². The van der Waals surface area contributed by atoms with Crippen molar-refractivity contribution in [2.24, 2.45) is 0 Å². The summed E-state index contributed by atoms with van der Waals surface area (Å²) in [5.41, 5.74) is 0.768. The number of halogens is 3. The number of ether oxygens (including phenoxy) is 1. The van der Waals surface area contributed by atoms with E-state index in [0.717, 1.165) is 0 Å². The minimum Gasteiger partial charge on any atom is -0.406 e. The lowest BCUT2D eigenvalue weighted by Gasteiger charge is -2.10. The second-order valence-corrected chi connectivity index (χ2v) is 4.49. The quantitative estimate of drug-likeness (QED) is 0.804. The van der Waals surface area contributed by atoms with Gasteiger partial charge in [0.05, 0.1) is 11.4 Å². The van der Waals surface area contributed by atoms with Gasteiger partial charge in [-0.25, -0.2) is 4.68 Å². The Bertz CT molecular complexity index is 855. The fourth-order valence-corrected chi connectivity index (χ4v) is 1.93. The summed E-state index contributed by atoms with van der Waals surface area (Å²) >= 11 is 0. The van der Waals surface area contributed by atoms with E-state index in [1.54, 1.807) is 6.07 Å². The first-order valence-electron chi connectivity index (χ1n) is 6.38. The van der Waals surface area contributed by atoms with Crippen molar-refractivity contribution < 1.29 is 17.9 Å². The first-order valence-corrected chi connectivity index (χ1v) is 6.38. The number of nitrogens with one attached hydrogen (secondary N) is 1. The van der Waals surface area contributed by atoms with Crippen LogP contribution >= 0.6 is 0 Å². The first kappa shape index (κ1) is 14.8. The van der Waals surface area contributed by atoms with Crippen LogP contribution in [0.2, 0.25) is 0 Å². The zero-order valence-electron chi connectivity index (χ0n) is 11.4. The van der Waals surface area contributed by atoms with E-state index in [1.165, 1.54) is 47.4 Å². The number of alkyl halides is 3. The van der Waals surface area contributed by atoms with Crippen LogP contribution in [0.15, 0.2) is 53.6 Å². The van der Waals surface area contributed by atoms with Crippen molar-refractivity contribution in [1.82, 2.24) is 20.0 Å². The molecule has 2 aromatic heterocycles. The molecule has 0 aliphatic rings. The van der Waals surface area contributed by atoms with Gasteiger partial charge in [-0.15, -0.1) is 13.2 Å². The van der Waals surface area contributed by atoms with Gasteiger partial charge < -0.3 is 4.74 Å². The molecule has 3 aromatic rings. The third-order valence-corrected chi connectivity index (χ3v) is 2.90. The number of hydrogen-bond donors (Lipinski definition) is 1. The maximum Gasteiger partial charge on any atom is 0.573 e. The molecule has 0 amide bonds. The molecular formula is C14H9F3N4O2. The van der Waals surface area contributed by atoms with Gasteiger partial charge in [-0.05, 0) is 30.3 Å². The molecule has 0 saturated carbocycles. The largest absolute Gasteiger partial charge is 0.573 e. The minimum absolute atomic E-state index is 0.153. The molecule has 0 aliphatic carbocycles. The van der Waals surface area contributed by atoms with Crippen LogP contribution in [0.1, 0.15) is 0 Å². The Hall–Kier alpha value is -3.10. The average Bonchev–Trinajstić information content (AvgIpc) is 3.01. The molecule has 0 bridgehead atoms. The van der Waals surface area contributed by atoms with E-state index in [0.29, 0.717) is 11.4 Å². The summed E-state index contributed by atoms with van der Waals surface area (Å²) in [5, 5.41) is 10.5. The Labute approximate surface area is 127 Å². The summed E-state index contributed by atoms with van der Waals surface area (Å²) in [6, 6.07) is 8.03. The van der Waals surface area contributed by atoms with Crippen LogP contribution in [0, 0.1) is 0 Å². The molecule has 0 fully saturated rings. The Kier molecular flexibility index (Phi) is 3.61. The number of H-pyrrole nitrogens is 1. The van der Waals surface area contributed by atoms with Crippen molar-refractivity contribution in [2.45, 2.75) is 6.36 Å². The van der Waals surface area contributed by atoms with E-state index >= 15 is 0 Å². The van der Waals surface area contributed by atoms with E-state index in [1.807, 2.05) is 0 Å². The monoisotopic (exact) mass is 322 g/mol. The summed E-state index contributed by atoms with van der Waals surface area (Å²) < 4.78 is 41.6. The zero-order valence-corrected chi connectivity index (χ0v) is 11.4. The average molecular weight is 322 g/mol. The van der Waals surface area contributed by atoms with Gasteiger partial charge in [0.1, 0.15) is 5.75 Å². The summed E-state index contributed by atoms with van der Waals surface area (Å²) in [5.74, 6) is -0.337. The van der Waals surface area contributed by atoms with Gasteiger partial charge in [0.2, 0.25) is 5.43 Å². The highest BCUT2D eigenvalue weighted by molar-refractivity contribution is 5.52. The van der Waals surface area contributed by atoms with Crippen LogP contribution in [-0.2, 0) is 0 Å². The summed E-state index contributed by atoms with van der Waals surface area (Å²) in [6.07, 6.45) is -1.84. The molecule has 0 unspecified atom stereocenters. The fraction of sp³-hybridized carbons (Fsp3) is 0.0714. The lowest BCUT2D eigenvalue weighted by molar-refractivity contribution is -0.274. The predicted octanol–water partition coefficient (Wildman–Crippen LogP) is 2.52. The zero-order chi connectivity index (χ0) is 16.4. The number of nitrogens with zero attached hydrogens (tertiary/aromatic N) is 3. The van der Waals surface area contributed by atoms with Crippen molar-refractivity contribution >= 4 is 0 Å². The van der Waals surface area contributed by atoms with Gasteiger partial charge in [0.25, 0.3) is 0 Å². The summed E-state index contributed by atoms with van der Waals surface area (Å²) in [4.78, 5) is 11.8. The Morgan fingerprint density at radius 1 is 1.09 bits per heavy atom. The molecule has 1 aromatic carbocycles. The van der Waals surface area contributed by atoms with Gasteiger partial charge in [-0.1, -0.05) is 0 Å². The molecule has 0 aliphatic heterocycles. The Morgan fingerprint density at radius 2 is 1.83 bits per heavy atom. The van der Waals surface area contributed by atoms with Crippen LogP contribution in [0.25, 0.3) is 17.1 Å². The van der Waals surface area contributed by atoms with Gasteiger partial charge >= 0.3 is 6.36 Å². The molecule has 0 atom stereocenters.